The van der Waals surface area contributed by atoms with Crippen molar-refractivity contribution in [3.8, 4) is 5.69 Å². The molecular weight excluding hydrogens is 322 g/mol. The largest absolute Gasteiger partial charge is 0.353 e. The van der Waals surface area contributed by atoms with E-state index >= 15 is 0 Å². The van der Waals surface area contributed by atoms with Gasteiger partial charge in [-0.15, -0.1) is 5.10 Å². The Bertz CT molecular complexity index is 691. The Kier molecular flexibility index (Phi) is 5.55. The van der Waals surface area contributed by atoms with Crippen molar-refractivity contribution in [1.82, 2.24) is 15.1 Å². The summed E-state index contributed by atoms with van der Waals surface area (Å²) in [4.78, 5) is 11.7. The fraction of sp³-hybridized carbons (Fsp3) is 0.357. The number of aromatic nitrogens is 2. The zero-order valence-corrected chi connectivity index (χ0v) is 14.6. The Morgan fingerprint density at radius 1 is 1.48 bits per heavy atom. The van der Waals surface area contributed by atoms with Crippen LogP contribution in [0.5, 0.6) is 0 Å². The Labute approximate surface area is 137 Å². The van der Waals surface area contributed by atoms with Crippen LogP contribution in [-0.4, -0.2) is 27.5 Å². The van der Waals surface area contributed by atoms with Gasteiger partial charge in [-0.25, -0.2) is 4.68 Å². The molecule has 0 bridgehead atoms. The number of rotatable bonds is 5. The van der Waals surface area contributed by atoms with Crippen LogP contribution in [0.2, 0.25) is 0 Å². The molecule has 0 aliphatic carbocycles. The predicted octanol–water partition coefficient (Wildman–Crippen LogP) is 3.59. The average Bonchev–Trinajstić information content (AvgIpc) is 2.77. The second kappa shape index (κ2) is 7.20. The first-order valence-electron chi connectivity index (χ1n) is 6.55. The fourth-order valence-corrected chi connectivity index (χ4v) is 3.92. The summed E-state index contributed by atoms with van der Waals surface area (Å²) < 4.78 is 3.26. The van der Waals surface area contributed by atoms with Crippen LogP contribution in [0, 0.1) is 10.9 Å². The smallest absolute Gasteiger partial charge is 0.230 e. The van der Waals surface area contributed by atoms with Gasteiger partial charge in [-0.05, 0) is 44.6 Å². The minimum atomic E-state index is 0.0126. The third-order valence-electron chi connectivity index (χ3n) is 2.65. The number of benzene rings is 1. The third-order valence-corrected chi connectivity index (χ3v) is 5.01. The molecule has 0 saturated carbocycles. The zero-order valence-electron chi connectivity index (χ0n) is 12.1. The molecule has 21 heavy (non-hydrogen) atoms. The van der Waals surface area contributed by atoms with Crippen LogP contribution in [0.4, 0.5) is 0 Å². The summed E-state index contributed by atoms with van der Waals surface area (Å²) in [6, 6.07) is 8.12. The van der Waals surface area contributed by atoms with E-state index in [4.69, 9.17) is 12.2 Å². The molecule has 0 aliphatic heterocycles. The zero-order chi connectivity index (χ0) is 15.4. The SMILES string of the molecule is Cc1ccccc1-n1nc(SCC(=O)NC(C)C)sc1=S. The van der Waals surface area contributed by atoms with Crippen molar-refractivity contribution in [2.24, 2.45) is 0 Å². The summed E-state index contributed by atoms with van der Waals surface area (Å²) in [5, 5.41) is 7.37. The summed E-state index contributed by atoms with van der Waals surface area (Å²) in [6.45, 7) is 5.91. The molecule has 1 aromatic heterocycles. The van der Waals surface area contributed by atoms with Crippen LogP contribution in [0.15, 0.2) is 28.6 Å². The van der Waals surface area contributed by atoms with Crippen molar-refractivity contribution in [3.63, 3.8) is 0 Å². The molecule has 0 saturated heterocycles. The normalized spacial score (nSPS) is 10.9. The van der Waals surface area contributed by atoms with Crippen molar-refractivity contribution < 1.29 is 4.79 Å². The molecule has 0 radical (unpaired) electrons. The summed E-state index contributed by atoms with van der Waals surface area (Å²) in [5.74, 6) is 0.368. The second-order valence-corrected chi connectivity index (χ2v) is 7.69. The Hall–Kier alpha value is -1.18. The molecule has 0 unspecified atom stereocenters. The number of amides is 1. The number of carbonyl (C=O) groups is 1. The molecule has 0 aliphatic rings. The molecule has 112 valence electrons. The highest BCUT2D eigenvalue weighted by Crippen LogP contribution is 2.24. The van der Waals surface area contributed by atoms with Gasteiger partial charge in [0.1, 0.15) is 0 Å². The minimum absolute atomic E-state index is 0.0126. The molecule has 2 rings (SSSR count). The van der Waals surface area contributed by atoms with E-state index < -0.39 is 0 Å². The number of aryl methyl sites for hydroxylation is 1. The Morgan fingerprint density at radius 3 is 2.86 bits per heavy atom. The van der Waals surface area contributed by atoms with E-state index in [9.17, 15) is 4.79 Å². The summed E-state index contributed by atoms with van der Waals surface area (Å²) in [5.41, 5.74) is 2.10. The van der Waals surface area contributed by atoms with E-state index in [1.165, 1.54) is 23.1 Å². The number of hydrogen-bond acceptors (Lipinski definition) is 5. The van der Waals surface area contributed by atoms with Gasteiger partial charge in [-0.1, -0.05) is 41.3 Å². The van der Waals surface area contributed by atoms with Gasteiger partial charge in [-0.3, -0.25) is 4.79 Å². The lowest BCUT2D eigenvalue weighted by Gasteiger charge is -2.06. The average molecular weight is 340 g/mol. The maximum Gasteiger partial charge on any atom is 0.230 e. The van der Waals surface area contributed by atoms with E-state index in [0.29, 0.717) is 9.71 Å². The Morgan fingerprint density at radius 2 is 2.19 bits per heavy atom. The number of nitrogens with one attached hydrogen (secondary N) is 1. The van der Waals surface area contributed by atoms with E-state index in [2.05, 4.69) is 10.4 Å². The highest BCUT2D eigenvalue weighted by molar-refractivity contribution is 8.01. The molecular formula is C14H17N3OS3. The van der Waals surface area contributed by atoms with Crippen molar-refractivity contribution in [2.75, 3.05) is 5.75 Å². The molecule has 4 nitrogen and oxygen atoms in total. The van der Waals surface area contributed by atoms with Crippen molar-refractivity contribution in [1.29, 1.82) is 0 Å². The van der Waals surface area contributed by atoms with Crippen molar-refractivity contribution in [2.45, 2.75) is 31.2 Å². The number of para-hydroxylation sites is 1. The number of thioether (sulfide) groups is 1. The number of nitrogens with zero attached hydrogens (tertiary/aromatic N) is 2. The third kappa shape index (κ3) is 4.39. The van der Waals surface area contributed by atoms with Crippen LogP contribution in [0.25, 0.3) is 5.69 Å². The number of hydrogen-bond donors (Lipinski definition) is 1. The molecule has 1 N–H and O–H groups in total. The summed E-state index contributed by atoms with van der Waals surface area (Å²) in [6.07, 6.45) is 0. The predicted molar refractivity (Wildman–Crippen MR) is 91.0 cm³/mol. The van der Waals surface area contributed by atoms with E-state index in [1.54, 1.807) is 4.68 Å². The van der Waals surface area contributed by atoms with Gasteiger partial charge in [0.25, 0.3) is 0 Å². The summed E-state index contributed by atoms with van der Waals surface area (Å²) >= 11 is 8.21. The van der Waals surface area contributed by atoms with Gasteiger partial charge >= 0.3 is 0 Å². The monoisotopic (exact) mass is 339 g/mol. The first-order chi connectivity index (χ1) is 9.97. The standard InChI is InChI=1S/C14H17N3OS3/c1-9(2)15-12(18)8-20-13-16-17(14(19)21-13)11-7-5-4-6-10(11)3/h4-7,9H,8H2,1-3H3,(H,15,18). The van der Waals surface area contributed by atoms with Crippen molar-refractivity contribution in [3.05, 3.63) is 33.8 Å². The van der Waals surface area contributed by atoms with Gasteiger partial charge in [0.2, 0.25) is 5.91 Å². The van der Waals surface area contributed by atoms with Crippen LogP contribution < -0.4 is 5.32 Å². The first kappa shape index (κ1) is 16.2. The van der Waals surface area contributed by atoms with Gasteiger partial charge in [0.15, 0.2) is 8.29 Å². The van der Waals surface area contributed by atoms with Crippen LogP contribution in [0.1, 0.15) is 19.4 Å². The second-order valence-electron chi connectivity index (χ2n) is 4.84. The van der Waals surface area contributed by atoms with Crippen LogP contribution in [-0.2, 0) is 4.79 Å². The lowest BCUT2D eigenvalue weighted by Crippen LogP contribution is -2.31. The van der Waals surface area contributed by atoms with Gasteiger partial charge in [0, 0.05) is 6.04 Å². The molecule has 0 spiro atoms. The highest BCUT2D eigenvalue weighted by Gasteiger charge is 2.10. The summed E-state index contributed by atoms with van der Waals surface area (Å²) in [7, 11) is 0. The molecule has 7 heteroatoms. The maximum absolute atomic E-state index is 11.7. The van der Waals surface area contributed by atoms with Gasteiger partial charge in [-0.2, -0.15) is 0 Å². The van der Waals surface area contributed by atoms with E-state index in [-0.39, 0.29) is 11.9 Å². The lowest BCUT2D eigenvalue weighted by atomic mass is 10.2. The molecule has 2 aromatic rings. The molecule has 1 amide bonds. The van der Waals surface area contributed by atoms with E-state index in [1.807, 2.05) is 45.0 Å². The molecule has 0 atom stereocenters. The topological polar surface area (TPSA) is 46.9 Å². The van der Waals surface area contributed by atoms with E-state index in [0.717, 1.165) is 15.6 Å². The quantitative estimate of drug-likeness (QED) is 0.668. The first-order valence-corrected chi connectivity index (χ1v) is 8.76. The van der Waals surface area contributed by atoms with Gasteiger partial charge in [0.05, 0.1) is 11.4 Å². The Balaban J connectivity index is 2.12. The lowest BCUT2D eigenvalue weighted by molar-refractivity contribution is -0.119. The molecule has 1 aromatic carbocycles. The van der Waals surface area contributed by atoms with Crippen LogP contribution in [0.3, 0.4) is 0 Å². The minimum Gasteiger partial charge on any atom is -0.353 e. The number of carbonyl (C=O) groups excluding carboxylic acids is 1. The molecule has 0 fully saturated rings. The van der Waals surface area contributed by atoms with Crippen LogP contribution >= 0.6 is 35.3 Å². The maximum atomic E-state index is 11.7. The highest BCUT2D eigenvalue weighted by atomic mass is 32.2. The fourth-order valence-electron chi connectivity index (χ4n) is 1.76. The van der Waals surface area contributed by atoms with Crippen molar-refractivity contribution >= 4 is 41.2 Å². The molecule has 1 heterocycles. The van der Waals surface area contributed by atoms with Gasteiger partial charge < -0.3 is 5.32 Å².